The standard InChI is InChI=1S/C18H13N.2C5H12/c1-2-8-14(9-3-1)19-17-12-6-4-10-15(17)16-11-5-7-13-18(16)19;2*1-5(2,3)4/h1-13H;2*1-4H3. The van der Waals surface area contributed by atoms with Crippen molar-refractivity contribution in [2.24, 2.45) is 10.8 Å². The lowest BCUT2D eigenvalue weighted by Crippen LogP contribution is -1.93. The SMILES string of the molecule is CC(C)(C)C.CC(C)(C)C.c1ccc(-n2c3ccccc3c3ccccc32)cc1. The summed E-state index contributed by atoms with van der Waals surface area (Å²) in [4.78, 5) is 0. The summed E-state index contributed by atoms with van der Waals surface area (Å²) in [5.74, 6) is 0. The first-order valence-electron chi connectivity index (χ1n) is 10.5. The topological polar surface area (TPSA) is 4.93 Å². The highest BCUT2D eigenvalue weighted by Crippen LogP contribution is 2.31. The minimum absolute atomic E-state index is 0.500. The maximum absolute atomic E-state index is 2.32. The zero-order valence-electron chi connectivity index (χ0n) is 19.5. The third kappa shape index (κ3) is 7.42. The molecule has 0 aliphatic rings. The van der Waals surface area contributed by atoms with E-state index in [1.54, 1.807) is 0 Å². The summed E-state index contributed by atoms with van der Waals surface area (Å²) in [6.07, 6.45) is 0. The fourth-order valence-electron chi connectivity index (χ4n) is 2.78. The van der Waals surface area contributed by atoms with E-state index in [0.29, 0.717) is 10.8 Å². The normalized spacial score (nSPS) is 11.4. The Morgan fingerprint density at radius 3 is 1.14 bits per heavy atom. The molecule has 0 unspecified atom stereocenters. The summed E-state index contributed by atoms with van der Waals surface area (Å²) in [7, 11) is 0. The van der Waals surface area contributed by atoms with Crippen LogP contribution in [0.1, 0.15) is 55.4 Å². The monoisotopic (exact) mass is 387 g/mol. The van der Waals surface area contributed by atoms with E-state index in [9.17, 15) is 0 Å². The van der Waals surface area contributed by atoms with Gasteiger partial charge >= 0.3 is 0 Å². The van der Waals surface area contributed by atoms with Crippen molar-refractivity contribution in [1.82, 2.24) is 4.57 Å². The van der Waals surface area contributed by atoms with E-state index in [2.05, 4.69) is 139 Å². The Hall–Kier alpha value is -2.54. The number of nitrogens with zero attached hydrogens (tertiary/aromatic N) is 1. The fourth-order valence-corrected chi connectivity index (χ4v) is 2.78. The van der Waals surface area contributed by atoms with E-state index >= 15 is 0 Å². The summed E-state index contributed by atoms with van der Waals surface area (Å²) in [6.45, 7) is 17.5. The summed E-state index contributed by atoms with van der Waals surface area (Å²) in [6, 6.07) is 27.7. The number of hydrogen-bond acceptors (Lipinski definition) is 0. The van der Waals surface area contributed by atoms with Gasteiger partial charge in [-0.25, -0.2) is 0 Å². The van der Waals surface area contributed by atoms with E-state index in [-0.39, 0.29) is 0 Å². The predicted molar refractivity (Wildman–Crippen MR) is 131 cm³/mol. The van der Waals surface area contributed by atoms with Gasteiger partial charge in [0, 0.05) is 16.5 Å². The molecule has 0 bridgehead atoms. The summed E-state index contributed by atoms with van der Waals surface area (Å²) >= 11 is 0. The van der Waals surface area contributed by atoms with Gasteiger partial charge in [-0.2, -0.15) is 0 Å². The van der Waals surface area contributed by atoms with Crippen molar-refractivity contribution in [1.29, 1.82) is 0 Å². The Balaban J connectivity index is 0.000000253. The molecule has 0 N–H and O–H groups in total. The zero-order valence-corrected chi connectivity index (χ0v) is 19.5. The van der Waals surface area contributed by atoms with Gasteiger partial charge in [-0.15, -0.1) is 0 Å². The highest BCUT2D eigenvalue weighted by atomic mass is 15.0. The third-order valence-electron chi connectivity index (χ3n) is 3.59. The molecule has 0 spiro atoms. The van der Waals surface area contributed by atoms with Crippen LogP contribution in [0.25, 0.3) is 27.5 Å². The second kappa shape index (κ2) is 9.31. The molecule has 154 valence electrons. The highest BCUT2D eigenvalue weighted by Gasteiger charge is 2.10. The van der Waals surface area contributed by atoms with Crippen molar-refractivity contribution < 1.29 is 0 Å². The van der Waals surface area contributed by atoms with Gasteiger partial charge in [0.15, 0.2) is 0 Å². The van der Waals surface area contributed by atoms with Gasteiger partial charge in [0.05, 0.1) is 11.0 Å². The molecule has 0 radical (unpaired) electrons. The summed E-state index contributed by atoms with van der Waals surface area (Å²) in [5.41, 5.74) is 4.73. The van der Waals surface area contributed by atoms with Crippen LogP contribution in [0.5, 0.6) is 0 Å². The van der Waals surface area contributed by atoms with Crippen LogP contribution in [0.2, 0.25) is 0 Å². The molecule has 0 saturated heterocycles. The molecule has 0 aliphatic carbocycles. The molecule has 1 aromatic heterocycles. The number of para-hydroxylation sites is 3. The average molecular weight is 388 g/mol. The quantitative estimate of drug-likeness (QED) is 0.307. The maximum Gasteiger partial charge on any atom is 0.0541 e. The van der Waals surface area contributed by atoms with Crippen molar-refractivity contribution >= 4 is 21.8 Å². The first-order chi connectivity index (χ1) is 13.4. The van der Waals surface area contributed by atoms with Crippen molar-refractivity contribution in [3.8, 4) is 5.69 Å². The molecule has 1 heteroatoms. The second-order valence-electron chi connectivity index (χ2n) is 10.7. The number of hydrogen-bond donors (Lipinski definition) is 0. The molecule has 0 fully saturated rings. The molecule has 0 aliphatic heterocycles. The number of benzene rings is 3. The van der Waals surface area contributed by atoms with E-state index < -0.39 is 0 Å². The molecule has 4 aromatic rings. The third-order valence-corrected chi connectivity index (χ3v) is 3.59. The first-order valence-corrected chi connectivity index (χ1v) is 10.5. The van der Waals surface area contributed by atoms with Crippen LogP contribution in [0.15, 0.2) is 78.9 Å². The maximum atomic E-state index is 2.32. The van der Waals surface area contributed by atoms with Crippen molar-refractivity contribution in [3.63, 3.8) is 0 Å². The van der Waals surface area contributed by atoms with Gasteiger partial charge in [-0.3, -0.25) is 0 Å². The minimum Gasteiger partial charge on any atom is -0.309 e. The van der Waals surface area contributed by atoms with Crippen LogP contribution in [0, 0.1) is 10.8 Å². The van der Waals surface area contributed by atoms with Crippen LogP contribution < -0.4 is 0 Å². The van der Waals surface area contributed by atoms with E-state index in [4.69, 9.17) is 0 Å². The molecule has 4 rings (SSSR count). The summed E-state index contributed by atoms with van der Waals surface area (Å²) < 4.78 is 2.32. The lowest BCUT2D eigenvalue weighted by molar-refractivity contribution is 0.469. The average Bonchev–Trinajstić information content (AvgIpc) is 2.94. The largest absolute Gasteiger partial charge is 0.309 e. The second-order valence-corrected chi connectivity index (χ2v) is 10.7. The Morgan fingerprint density at radius 1 is 0.448 bits per heavy atom. The molecule has 3 aromatic carbocycles. The first kappa shape index (κ1) is 22.7. The molecule has 0 amide bonds. The van der Waals surface area contributed by atoms with Gasteiger partial charge in [-0.05, 0) is 35.1 Å². The van der Waals surface area contributed by atoms with Crippen molar-refractivity contribution in [2.75, 3.05) is 0 Å². The Bertz CT molecular complexity index is 947. The van der Waals surface area contributed by atoms with Crippen LogP contribution >= 0.6 is 0 Å². The lowest BCUT2D eigenvalue weighted by Gasteiger charge is -2.06. The number of rotatable bonds is 1. The Morgan fingerprint density at radius 2 is 0.759 bits per heavy atom. The molecule has 29 heavy (non-hydrogen) atoms. The minimum atomic E-state index is 0.500. The number of fused-ring (bicyclic) bond motifs is 3. The van der Waals surface area contributed by atoms with Gasteiger partial charge in [0.1, 0.15) is 0 Å². The molecule has 0 atom stereocenters. The Labute approximate surface area is 177 Å². The molecule has 0 saturated carbocycles. The van der Waals surface area contributed by atoms with Gasteiger partial charge in [0.2, 0.25) is 0 Å². The van der Waals surface area contributed by atoms with Crippen molar-refractivity contribution in [3.05, 3.63) is 78.9 Å². The molecular weight excluding hydrogens is 350 g/mol. The Kier molecular flexibility index (Phi) is 7.30. The zero-order chi connectivity index (χ0) is 21.7. The smallest absolute Gasteiger partial charge is 0.0541 e. The van der Waals surface area contributed by atoms with Crippen LogP contribution in [-0.2, 0) is 0 Å². The van der Waals surface area contributed by atoms with Crippen LogP contribution in [0.3, 0.4) is 0 Å². The highest BCUT2D eigenvalue weighted by molar-refractivity contribution is 6.09. The van der Waals surface area contributed by atoms with Crippen LogP contribution in [0.4, 0.5) is 0 Å². The fraction of sp³-hybridized carbons (Fsp3) is 0.357. The van der Waals surface area contributed by atoms with E-state index in [0.717, 1.165) is 0 Å². The van der Waals surface area contributed by atoms with Gasteiger partial charge in [-0.1, -0.05) is 110 Å². The van der Waals surface area contributed by atoms with Gasteiger partial charge < -0.3 is 4.57 Å². The van der Waals surface area contributed by atoms with E-state index in [1.807, 2.05) is 0 Å². The van der Waals surface area contributed by atoms with E-state index in [1.165, 1.54) is 27.5 Å². The summed E-state index contributed by atoms with van der Waals surface area (Å²) in [5, 5.41) is 2.61. The predicted octanol–water partition coefficient (Wildman–Crippen LogP) is 8.89. The van der Waals surface area contributed by atoms with Crippen LogP contribution in [-0.4, -0.2) is 4.57 Å². The van der Waals surface area contributed by atoms with Crippen molar-refractivity contribution in [2.45, 2.75) is 55.4 Å². The van der Waals surface area contributed by atoms with Gasteiger partial charge in [0.25, 0.3) is 0 Å². The lowest BCUT2D eigenvalue weighted by atomic mass is 10.0. The molecular formula is C28H37N. The number of aromatic nitrogens is 1. The molecule has 1 heterocycles. The molecule has 1 nitrogen and oxygen atoms in total.